The minimum absolute atomic E-state index is 0.0531. The van der Waals surface area contributed by atoms with Gasteiger partial charge in [-0.15, -0.1) is 0 Å². The van der Waals surface area contributed by atoms with Gasteiger partial charge < -0.3 is 4.74 Å². The molecule has 0 atom stereocenters. The fourth-order valence-electron chi connectivity index (χ4n) is 2.00. The van der Waals surface area contributed by atoms with E-state index >= 15 is 0 Å². The number of halogens is 1. The molecule has 0 unspecified atom stereocenters. The second-order valence-electron chi connectivity index (χ2n) is 4.92. The first-order chi connectivity index (χ1) is 10.1. The molecule has 1 aromatic rings. The monoisotopic (exact) mass is 375 g/mol. The number of benzene rings is 1. The van der Waals surface area contributed by atoms with Crippen LogP contribution in [-0.2, 0) is 0 Å². The van der Waals surface area contributed by atoms with Crippen molar-refractivity contribution in [1.29, 1.82) is 0 Å². The lowest BCUT2D eigenvalue weighted by Gasteiger charge is -2.08. The summed E-state index contributed by atoms with van der Waals surface area (Å²) in [7, 11) is 0. The zero-order valence-electron chi connectivity index (χ0n) is 12.1. The number of thiol groups is 1. The van der Waals surface area contributed by atoms with E-state index in [4.69, 9.17) is 4.74 Å². The molecule has 0 amide bonds. The van der Waals surface area contributed by atoms with Gasteiger partial charge in [0.15, 0.2) is 0 Å². The van der Waals surface area contributed by atoms with E-state index in [1.54, 1.807) is 6.07 Å². The molecule has 1 rings (SSSR count). The first kappa shape index (κ1) is 18.3. The van der Waals surface area contributed by atoms with E-state index in [0.717, 1.165) is 23.1 Å². The van der Waals surface area contributed by atoms with Gasteiger partial charge in [-0.25, -0.2) is 0 Å². The Labute approximate surface area is 140 Å². The van der Waals surface area contributed by atoms with Crippen molar-refractivity contribution in [1.82, 2.24) is 0 Å². The lowest BCUT2D eigenvalue weighted by molar-refractivity contribution is -0.385. The summed E-state index contributed by atoms with van der Waals surface area (Å²) in [4.78, 5) is 10.3. The number of hydrogen-bond donors (Lipinski definition) is 1. The van der Waals surface area contributed by atoms with Gasteiger partial charge in [0, 0.05) is 6.07 Å². The maximum absolute atomic E-state index is 10.7. The number of rotatable bonds is 11. The molecule has 21 heavy (non-hydrogen) atoms. The Hall–Kier alpha value is -0.750. The zero-order valence-corrected chi connectivity index (χ0v) is 14.6. The van der Waals surface area contributed by atoms with Crippen LogP contribution in [0.25, 0.3) is 0 Å². The van der Waals surface area contributed by atoms with Gasteiger partial charge in [-0.3, -0.25) is 10.1 Å². The van der Waals surface area contributed by atoms with Crippen molar-refractivity contribution >= 4 is 34.2 Å². The minimum atomic E-state index is -0.413. The molecular formula is C15H22BrNO3S. The molecule has 0 N–H and O–H groups in total. The van der Waals surface area contributed by atoms with Gasteiger partial charge in [-0.1, -0.05) is 32.1 Å². The molecule has 0 saturated carbocycles. The van der Waals surface area contributed by atoms with E-state index in [-0.39, 0.29) is 5.69 Å². The van der Waals surface area contributed by atoms with Crippen molar-refractivity contribution in [3.63, 3.8) is 0 Å². The van der Waals surface area contributed by atoms with Crippen LogP contribution in [0.3, 0.4) is 0 Å². The number of nitro groups is 1. The summed E-state index contributed by atoms with van der Waals surface area (Å²) in [6, 6.07) is 4.57. The predicted octanol–water partition coefficient (Wildman–Crippen LogP) is 5.40. The summed E-state index contributed by atoms with van der Waals surface area (Å²) in [5.41, 5.74) is 0.0531. The molecule has 0 aliphatic carbocycles. The predicted molar refractivity (Wildman–Crippen MR) is 92.5 cm³/mol. The Kier molecular flexibility index (Phi) is 9.50. The number of ether oxygens (including phenoxy) is 1. The Morgan fingerprint density at radius 2 is 1.71 bits per heavy atom. The Morgan fingerprint density at radius 3 is 2.33 bits per heavy atom. The second kappa shape index (κ2) is 10.9. The highest BCUT2D eigenvalue weighted by Crippen LogP contribution is 2.29. The molecule has 6 heteroatoms. The molecule has 0 spiro atoms. The summed E-state index contributed by atoms with van der Waals surface area (Å²) < 4.78 is 6.36. The minimum Gasteiger partial charge on any atom is -0.492 e. The van der Waals surface area contributed by atoms with Crippen molar-refractivity contribution in [3.05, 3.63) is 32.8 Å². The number of unbranched alkanes of at least 4 members (excludes halogenated alkanes) is 6. The van der Waals surface area contributed by atoms with E-state index in [1.807, 2.05) is 0 Å². The lowest BCUT2D eigenvalue weighted by atomic mass is 10.1. The molecule has 4 nitrogen and oxygen atoms in total. The van der Waals surface area contributed by atoms with Gasteiger partial charge in [0.1, 0.15) is 5.75 Å². The third-order valence-electron chi connectivity index (χ3n) is 3.19. The van der Waals surface area contributed by atoms with Crippen LogP contribution < -0.4 is 4.74 Å². The zero-order chi connectivity index (χ0) is 15.5. The number of nitrogens with zero attached hydrogens (tertiary/aromatic N) is 1. The Bertz CT molecular complexity index is 443. The first-order valence-electron chi connectivity index (χ1n) is 7.32. The van der Waals surface area contributed by atoms with Crippen molar-refractivity contribution < 1.29 is 9.66 Å². The second-order valence-corrected chi connectivity index (χ2v) is 6.22. The van der Waals surface area contributed by atoms with Crippen molar-refractivity contribution in [2.24, 2.45) is 0 Å². The normalized spacial score (nSPS) is 10.6. The van der Waals surface area contributed by atoms with Gasteiger partial charge in [0.05, 0.1) is 22.1 Å². The van der Waals surface area contributed by atoms with Crippen molar-refractivity contribution in [3.8, 4) is 5.75 Å². The van der Waals surface area contributed by atoms with Crippen LogP contribution in [-0.4, -0.2) is 17.3 Å². The molecule has 0 bridgehead atoms. The highest BCUT2D eigenvalue weighted by Gasteiger charge is 2.10. The highest BCUT2D eigenvalue weighted by molar-refractivity contribution is 9.10. The van der Waals surface area contributed by atoms with E-state index < -0.39 is 4.92 Å². The van der Waals surface area contributed by atoms with E-state index in [2.05, 4.69) is 28.6 Å². The average molecular weight is 376 g/mol. The Balaban J connectivity index is 2.18. The number of non-ortho nitro benzene ring substituents is 1. The average Bonchev–Trinajstić information content (AvgIpc) is 2.47. The number of hydrogen-bond acceptors (Lipinski definition) is 4. The maximum atomic E-state index is 10.7. The molecule has 1 aromatic carbocycles. The fraction of sp³-hybridized carbons (Fsp3) is 0.600. The van der Waals surface area contributed by atoms with Gasteiger partial charge in [0.2, 0.25) is 0 Å². The van der Waals surface area contributed by atoms with E-state index in [9.17, 15) is 10.1 Å². The van der Waals surface area contributed by atoms with Gasteiger partial charge in [0.25, 0.3) is 5.69 Å². The fourth-order valence-corrected chi connectivity index (χ4v) is 2.58. The van der Waals surface area contributed by atoms with Gasteiger partial charge in [-0.05, 0) is 40.6 Å². The first-order valence-corrected chi connectivity index (χ1v) is 8.75. The molecular weight excluding hydrogens is 354 g/mol. The van der Waals surface area contributed by atoms with Gasteiger partial charge in [-0.2, -0.15) is 12.6 Å². The summed E-state index contributed by atoms with van der Waals surface area (Å²) in [5, 5.41) is 10.7. The van der Waals surface area contributed by atoms with Crippen LogP contribution in [0.15, 0.2) is 22.7 Å². The lowest BCUT2D eigenvalue weighted by Crippen LogP contribution is -1.99. The third kappa shape index (κ3) is 7.71. The van der Waals surface area contributed by atoms with Gasteiger partial charge >= 0.3 is 0 Å². The van der Waals surface area contributed by atoms with Crippen molar-refractivity contribution in [2.45, 2.75) is 44.9 Å². The van der Waals surface area contributed by atoms with Crippen LogP contribution >= 0.6 is 28.6 Å². The molecule has 0 aliphatic rings. The number of nitro benzene ring substituents is 1. The highest BCUT2D eigenvalue weighted by atomic mass is 79.9. The van der Waals surface area contributed by atoms with Crippen LogP contribution in [0.2, 0.25) is 0 Å². The summed E-state index contributed by atoms with van der Waals surface area (Å²) >= 11 is 7.54. The molecule has 0 aliphatic heterocycles. The van der Waals surface area contributed by atoms with E-state index in [1.165, 1.54) is 44.2 Å². The third-order valence-corrected chi connectivity index (χ3v) is 4.16. The molecule has 0 aromatic heterocycles. The van der Waals surface area contributed by atoms with Crippen LogP contribution in [0.5, 0.6) is 5.75 Å². The van der Waals surface area contributed by atoms with Crippen LogP contribution in [0.1, 0.15) is 44.9 Å². The summed E-state index contributed by atoms with van der Waals surface area (Å²) in [6.45, 7) is 0.594. The summed E-state index contributed by atoms with van der Waals surface area (Å²) in [6.07, 6.45) is 8.32. The maximum Gasteiger partial charge on any atom is 0.273 e. The molecule has 0 heterocycles. The SMILES string of the molecule is O=[N+]([O-])c1ccc(Br)c(OCCCCCCCCCS)c1. The van der Waals surface area contributed by atoms with Crippen LogP contribution in [0, 0.1) is 10.1 Å². The van der Waals surface area contributed by atoms with Crippen molar-refractivity contribution in [2.75, 3.05) is 12.4 Å². The standard InChI is InChI=1S/C15H22BrNO3S/c16-14-9-8-13(17(18)19)12-15(14)20-10-6-4-2-1-3-5-7-11-21/h8-9,12,21H,1-7,10-11H2. The molecule has 118 valence electrons. The smallest absolute Gasteiger partial charge is 0.273 e. The molecule has 0 radical (unpaired) electrons. The largest absolute Gasteiger partial charge is 0.492 e. The molecule has 0 saturated heterocycles. The topological polar surface area (TPSA) is 52.4 Å². The Morgan fingerprint density at radius 1 is 1.10 bits per heavy atom. The summed E-state index contributed by atoms with van der Waals surface area (Å²) in [5.74, 6) is 1.52. The molecule has 0 fully saturated rings. The van der Waals surface area contributed by atoms with E-state index in [0.29, 0.717) is 12.4 Å². The van der Waals surface area contributed by atoms with Crippen LogP contribution in [0.4, 0.5) is 5.69 Å². The quantitative estimate of drug-likeness (QED) is 0.244.